The Balaban J connectivity index is 1.51. The Kier molecular flexibility index (Phi) is 5.58. The number of hydrogen-bond donors (Lipinski definition) is 2. The van der Waals surface area contributed by atoms with Gasteiger partial charge in [-0.2, -0.15) is 0 Å². The van der Waals surface area contributed by atoms with E-state index in [9.17, 15) is 9.59 Å². The summed E-state index contributed by atoms with van der Waals surface area (Å²) in [4.78, 5) is 27.8. The lowest BCUT2D eigenvalue weighted by molar-refractivity contribution is 0.0993. The van der Waals surface area contributed by atoms with Gasteiger partial charge in [-0.15, -0.1) is 11.3 Å². The van der Waals surface area contributed by atoms with E-state index in [4.69, 9.17) is 9.47 Å². The normalized spacial score (nSPS) is 12.3. The third kappa shape index (κ3) is 3.81. The van der Waals surface area contributed by atoms with Crippen LogP contribution in [0.1, 0.15) is 15.2 Å². The molecular weight excluding hydrogens is 402 g/mol. The van der Waals surface area contributed by atoms with E-state index in [1.165, 1.54) is 25.6 Å². The van der Waals surface area contributed by atoms with Crippen LogP contribution in [0.3, 0.4) is 0 Å². The van der Waals surface area contributed by atoms with Crippen LogP contribution in [0.2, 0.25) is 0 Å². The van der Waals surface area contributed by atoms with E-state index in [1.807, 2.05) is 35.7 Å². The van der Waals surface area contributed by atoms with Gasteiger partial charge in [0, 0.05) is 17.9 Å². The number of nitrogens with one attached hydrogen (secondary N) is 2. The summed E-state index contributed by atoms with van der Waals surface area (Å²) in [6, 6.07) is 14.1. The maximum atomic E-state index is 12.8. The minimum absolute atomic E-state index is 0.0218. The smallest absolute Gasteiger partial charge is 0.323 e. The van der Waals surface area contributed by atoms with Crippen molar-refractivity contribution in [2.45, 2.75) is 6.42 Å². The van der Waals surface area contributed by atoms with Crippen molar-refractivity contribution < 1.29 is 19.1 Å². The van der Waals surface area contributed by atoms with Gasteiger partial charge in [0.15, 0.2) is 11.5 Å². The molecule has 1 aliphatic heterocycles. The zero-order valence-corrected chi connectivity index (χ0v) is 17.4. The molecular formula is C22H21N3O4S. The highest BCUT2D eigenvalue weighted by molar-refractivity contribution is 7.12. The molecule has 2 N–H and O–H groups in total. The molecule has 0 aliphatic carbocycles. The van der Waals surface area contributed by atoms with Crippen molar-refractivity contribution >= 4 is 40.3 Å². The Morgan fingerprint density at radius 2 is 1.90 bits per heavy atom. The van der Waals surface area contributed by atoms with Crippen LogP contribution in [0, 0.1) is 0 Å². The van der Waals surface area contributed by atoms with E-state index in [0.717, 1.165) is 17.7 Å². The van der Waals surface area contributed by atoms with E-state index >= 15 is 0 Å². The second-order valence-corrected chi connectivity index (χ2v) is 7.60. The highest BCUT2D eigenvalue weighted by Crippen LogP contribution is 2.35. The van der Waals surface area contributed by atoms with Crippen molar-refractivity contribution in [3.8, 4) is 11.5 Å². The topological polar surface area (TPSA) is 79.9 Å². The second-order valence-electron chi connectivity index (χ2n) is 6.65. The Morgan fingerprint density at radius 1 is 1.03 bits per heavy atom. The molecule has 4 rings (SSSR count). The largest absolute Gasteiger partial charge is 0.493 e. The maximum Gasteiger partial charge on any atom is 0.323 e. The molecule has 30 heavy (non-hydrogen) atoms. The number of rotatable bonds is 5. The summed E-state index contributed by atoms with van der Waals surface area (Å²) in [5.41, 5.74) is 2.99. The average molecular weight is 423 g/mol. The molecule has 0 saturated heterocycles. The summed E-state index contributed by atoms with van der Waals surface area (Å²) in [5.74, 6) is 0.943. The standard InChI is InChI=1S/C22H21N3O4S/c1-28-18-6-3-5-16(20(18)29-2)24-22(27)23-15-9-8-14-10-11-25(17(14)13-15)21(26)19-7-4-12-30-19/h3-9,12-13H,10-11H2,1-2H3,(H2,23,24,27). The number of urea groups is 1. The Hall–Kier alpha value is -3.52. The fourth-order valence-corrected chi connectivity index (χ4v) is 4.14. The first-order chi connectivity index (χ1) is 14.6. The van der Waals surface area contributed by atoms with Gasteiger partial charge in [0.05, 0.1) is 24.8 Å². The molecule has 0 radical (unpaired) electrons. The van der Waals surface area contributed by atoms with Crippen molar-refractivity contribution in [3.05, 3.63) is 64.4 Å². The molecule has 1 aromatic heterocycles. The van der Waals surface area contributed by atoms with Crippen LogP contribution in [-0.2, 0) is 6.42 Å². The zero-order valence-electron chi connectivity index (χ0n) is 16.6. The van der Waals surface area contributed by atoms with Crippen molar-refractivity contribution in [2.24, 2.45) is 0 Å². The fraction of sp³-hybridized carbons (Fsp3) is 0.182. The number of thiophene rings is 1. The molecule has 2 aromatic carbocycles. The van der Waals surface area contributed by atoms with Crippen LogP contribution in [-0.4, -0.2) is 32.7 Å². The number of fused-ring (bicyclic) bond motifs is 1. The van der Waals surface area contributed by atoms with Crippen LogP contribution in [0.4, 0.5) is 21.9 Å². The van der Waals surface area contributed by atoms with Gasteiger partial charge in [0.2, 0.25) is 0 Å². The van der Waals surface area contributed by atoms with Crippen LogP contribution < -0.4 is 25.0 Å². The lowest BCUT2D eigenvalue weighted by Gasteiger charge is -2.18. The maximum absolute atomic E-state index is 12.8. The molecule has 3 amide bonds. The molecule has 0 atom stereocenters. The monoisotopic (exact) mass is 423 g/mol. The quantitative estimate of drug-likeness (QED) is 0.628. The van der Waals surface area contributed by atoms with Gasteiger partial charge in [-0.1, -0.05) is 18.2 Å². The fourth-order valence-electron chi connectivity index (χ4n) is 3.47. The zero-order chi connectivity index (χ0) is 21.1. The highest BCUT2D eigenvalue weighted by Gasteiger charge is 2.26. The van der Waals surface area contributed by atoms with Crippen molar-refractivity contribution in [3.63, 3.8) is 0 Å². The van der Waals surface area contributed by atoms with Crippen molar-refractivity contribution in [1.29, 1.82) is 0 Å². The number of benzene rings is 2. The molecule has 7 nitrogen and oxygen atoms in total. The molecule has 8 heteroatoms. The minimum atomic E-state index is -0.421. The van der Waals surface area contributed by atoms with E-state index in [1.54, 1.807) is 23.1 Å². The number of nitrogens with zero attached hydrogens (tertiary/aromatic N) is 1. The molecule has 0 unspecified atom stereocenters. The number of amides is 3. The number of methoxy groups -OCH3 is 2. The van der Waals surface area contributed by atoms with Crippen LogP contribution in [0.15, 0.2) is 53.9 Å². The van der Waals surface area contributed by atoms with Crippen LogP contribution in [0.25, 0.3) is 0 Å². The third-order valence-corrected chi connectivity index (χ3v) is 5.72. The van der Waals surface area contributed by atoms with Crippen molar-refractivity contribution in [2.75, 3.05) is 36.3 Å². The van der Waals surface area contributed by atoms with E-state index in [0.29, 0.717) is 34.3 Å². The summed E-state index contributed by atoms with van der Waals surface area (Å²) in [6.07, 6.45) is 0.792. The number of ether oxygens (including phenoxy) is 2. The van der Waals surface area contributed by atoms with Gasteiger partial charge in [0.25, 0.3) is 5.91 Å². The third-order valence-electron chi connectivity index (χ3n) is 4.87. The predicted molar refractivity (Wildman–Crippen MR) is 118 cm³/mol. The van der Waals surface area contributed by atoms with E-state index in [2.05, 4.69) is 10.6 Å². The second kappa shape index (κ2) is 8.46. The van der Waals surface area contributed by atoms with E-state index in [-0.39, 0.29) is 5.91 Å². The van der Waals surface area contributed by atoms with Gasteiger partial charge in [-0.05, 0) is 47.7 Å². The first-order valence-corrected chi connectivity index (χ1v) is 10.3. The number of para-hydroxylation sites is 1. The minimum Gasteiger partial charge on any atom is -0.493 e. The number of hydrogen-bond acceptors (Lipinski definition) is 5. The van der Waals surface area contributed by atoms with Gasteiger partial charge in [0.1, 0.15) is 0 Å². The molecule has 0 spiro atoms. The summed E-state index contributed by atoms with van der Waals surface area (Å²) < 4.78 is 10.6. The van der Waals surface area contributed by atoms with Gasteiger partial charge in [-0.25, -0.2) is 4.79 Å². The summed E-state index contributed by atoms with van der Waals surface area (Å²) in [7, 11) is 3.05. The lowest BCUT2D eigenvalue weighted by atomic mass is 10.1. The van der Waals surface area contributed by atoms with Gasteiger partial charge in [-0.3, -0.25) is 4.79 Å². The Morgan fingerprint density at radius 3 is 2.63 bits per heavy atom. The molecule has 2 heterocycles. The Labute approximate surface area is 178 Å². The molecule has 0 fully saturated rings. The van der Waals surface area contributed by atoms with Crippen LogP contribution in [0.5, 0.6) is 11.5 Å². The van der Waals surface area contributed by atoms with Gasteiger partial charge < -0.3 is 25.0 Å². The SMILES string of the molecule is COc1cccc(NC(=O)Nc2ccc3c(c2)N(C(=O)c2cccs2)CC3)c1OC. The lowest BCUT2D eigenvalue weighted by Crippen LogP contribution is -2.28. The first-order valence-electron chi connectivity index (χ1n) is 9.38. The van der Waals surface area contributed by atoms with E-state index < -0.39 is 6.03 Å². The average Bonchev–Trinajstić information content (AvgIpc) is 3.43. The van der Waals surface area contributed by atoms with Crippen LogP contribution >= 0.6 is 11.3 Å². The Bertz CT molecular complexity index is 1080. The van der Waals surface area contributed by atoms with Crippen molar-refractivity contribution in [1.82, 2.24) is 0 Å². The summed E-state index contributed by atoms with van der Waals surface area (Å²) in [5, 5.41) is 7.48. The molecule has 0 saturated carbocycles. The molecule has 3 aromatic rings. The molecule has 0 bridgehead atoms. The molecule has 154 valence electrons. The summed E-state index contributed by atoms with van der Waals surface area (Å²) in [6.45, 7) is 0.628. The number of carbonyl (C=O) groups is 2. The first kappa shape index (κ1) is 19.8. The highest BCUT2D eigenvalue weighted by atomic mass is 32.1. The molecule has 1 aliphatic rings. The number of carbonyl (C=O) groups excluding carboxylic acids is 2. The predicted octanol–water partition coefficient (Wildman–Crippen LogP) is 4.61. The summed E-state index contributed by atoms with van der Waals surface area (Å²) >= 11 is 1.42. The number of anilines is 3. The van der Waals surface area contributed by atoms with Gasteiger partial charge >= 0.3 is 6.03 Å².